The first-order valence-corrected chi connectivity index (χ1v) is 5.93. The number of nitrogens with zero attached hydrogens (tertiary/aromatic N) is 2. The van der Waals surface area contributed by atoms with E-state index >= 15 is 0 Å². The van der Waals surface area contributed by atoms with Gasteiger partial charge in [-0.05, 0) is 37.1 Å². The van der Waals surface area contributed by atoms with Gasteiger partial charge in [0, 0.05) is 12.3 Å². The number of para-hydroxylation sites is 1. The third-order valence-corrected chi connectivity index (χ3v) is 3.05. The molecule has 0 spiro atoms. The van der Waals surface area contributed by atoms with Crippen molar-refractivity contribution >= 4 is 17.6 Å². The van der Waals surface area contributed by atoms with Crippen LogP contribution in [0, 0.1) is 24.0 Å². The lowest BCUT2D eigenvalue weighted by molar-refractivity contribution is -0.385. The number of benzene rings is 2. The van der Waals surface area contributed by atoms with E-state index in [2.05, 4.69) is 4.99 Å². The first kappa shape index (κ1) is 13.0. The molecular formula is C15H14N2O2. The topological polar surface area (TPSA) is 55.5 Å². The van der Waals surface area contributed by atoms with E-state index in [0.717, 1.165) is 16.8 Å². The maximum absolute atomic E-state index is 10.9. The number of aryl methyl sites for hydroxylation is 1. The van der Waals surface area contributed by atoms with Crippen LogP contribution in [0.25, 0.3) is 0 Å². The summed E-state index contributed by atoms with van der Waals surface area (Å²) in [5.41, 5.74) is 3.64. The molecule has 0 saturated heterocycles. The Labute approximate surface area is 111 Å². The molecule has 0 N–H and O–H groups in total. The summed E-state index contributed by atoms with van der Waals surface area (Å²) in [5.74, 6) is 0. The van der Waals surface area contributed by atoms with E-state index < -0.39 is 4.92 Å². The molecule has 2 aromatic rings. The van der Waals surface area contributed by atoms with Crippen LogP contribution in [0.1, 0.15) is 16.7 Å². The number of nitro benzene ring substituents is 1. The minimum absolute atomic E-state index is 0.0663. The summed E-state index contributed by atoms with van der Waals surface area (Å²) < 4.78 is 0. The van der Waals surface area contributed by atoms with Gasteiger partial charge >= 0.3 is 0 Å². The second-order valence-corrected chi connectivity index (χ2v) is 4.29. The molecule has 0 fully saturated rings. The van der Waals surface area contributed by atoms with Crippen LogP contribution in [0.3, 0.4) is 0 Å². The summed E-state index contributed by atoms with van der Waals surface area (Å²) in [4.78, 5) is 14.9. The Hall–Kier alpha value is -2.49. The smallest absolute Gasteiger partial charge is 0.258 e. The van der Waals surface area contributed by atoms with Gasteiger partial charge in [-0.1, -0.05) is 24.3 Å². The van der Waals surface area contributed by atoms with Gasteiger partial charge in [0.05, 0.1) is 16.2 Å². The fourth-order valence-corrected chi connectivity index (χ4v) is 1.78. The molecule has 0 aliphatic rings. The van der Waals surface area contributed by atoms with Crippen LogP contribution in [0.15, 0.2) is 47.5 Å². The molecule has 0 amide bonds. The highest BCUT2D eigenvalue weighted by Gasteiger charge is 2.10. The quantitative estimate of drug-likeness (QED) is 0.473. The summed E-state index contributed by atoms with van der Waals surface area (Å²) in [6, 6.07) is 12.4. The summed E-state index contributed by atoms with van der Waals surface area (Å²) in [6.07, 6.45) is 1.54. The van der Waals surface area contributed by atoms with Gasteiger partial charge in [-0.3, -0.25) is 15.1 Å². The molecule has 0 aliphatic carbocycles. The zero-order valence-electron chi connectivity index (χ0n) is 10.8. The zero-order chi connectivity index (χ0) is 13.8. The average Bonchev–Trinajstić information content (AvgIpc) is 2.40. The SMILES string of the molecule is Cc1cccc(N=Cc2ccccc2[N+](=O)[O-])c1C. The highest BCUT2D eigenvalue weighted by molar-refractivity contribution is 5.87. The molecule has 2 rings (SSSR count). The van der Waals surface area contributed by atoms with Crippen LogP contribution < -0.4 is 0 Å². The minimum atomic E-state index is -0.398. The minimum Gasteiger partial charge on any atom is -0.258 e. The molecule has 4 nitrogen and oxygen atoms in total. The molecule has 2 aromatic carbocycles. The van der Waals surface area contributed by atoms with Crippen molar-refractivity contribution in [2.75, 3.05) is 0 Å². The van der Waals surface area contributed by atoms with Crippen LogP contribution >= 0.6 is 0 Å². The molecule has 0 saturated carbocycles. The monoisotopic (exact) mass is 254 g/mol. The fraction of sp³-hybridized carbons (Fsp3) is 0.133. The van der Waals surface area contributed by atoms with E-state index in [1.807, 2.05) is 32.0 Å². The van der Waals surface area contributed by atoms with Crippen LogP contribution in [0.4, 0.5) is 11.4 Å². The van der Waals surface area contributed by atoms with Gasteiger partial charge in [0.1, 0.15) is 0 Å². The molecule has 0 unspecified atom stereocenters. The molecule has 0 bridgehead atoms. The lowest BCUT2D eigenvalue weighted by Crippen LogP contribution is -1.93. The van der Waals surface area contributed by atoms with Crippen molar-refractivity contribution in [1.82, 2.24) is 0 Å². The van der Waals surface area contributed by atoms with E-state index in [0.29, 0.717) is 5.56 Å². The van der Waals surface area contributed by atoms with Crippen LogP contribution in [0.2, 0.25) is 0 Å². The number of hydrogen-bond donors (Lipinski definition) is 0. The first-order valence-electron chi connectivity index (χ1n) is 5.93. The Bertz CT molecular complexity index is 648. The van der Waals surface area contributed by atoms with Crippen molar-refractivity contribution in [3.63, 3.8) is 0 Å². The van der Waals surface area contributed by atoms with Gasteiger partial charge in [-0.25, -0.2) is 0 Å². The third kappa shape index (κ3) is 2.85. The number of nitro groups is 1. The van der Waals surface area contributed by atoms with Crippen molar-refractivity contribution in [1.29, 1.82) is 0 Å². The Kier molecular flexibility index (Phi) is 3.71. The van der Waals surface area contributed by atoms with Crippen molar-refractivity contribution in [3.05, 3.63) is 69.3 Å². The van der Waals surface area contributed by atoms with Crippen molar-refractivity contribution in [2.45, 2.75) is 13.8 Å². The molecular weight excluding hydrogens is 240 g/mol. The standard InChI is InChI=1S/C15H14N2O2/c1-11-6-5-8-14(12(11)2)16-10-13-7-3-4-9-15(13)17(18)19/h3-10H,1-2H3. The van der Waals surface area contributed by atoms with E-state index in [9.17, 15) is 10.1 Å². The predicted octanol–water partition coefficient (Wildman–Crippen LogP) is 3.96. The van der Waals surface area contributed by atoms with E-state index in [-0.39, 0.29) is 5.69 Å². The van der Waals surface area contributed by atoms with Gasteiger partial charge in [-0.15, -0.1) is 0 Å². The van der Waals surface area contributed by atoms with Crippen molar-refractivity contribution in [2.24, 2.45) is 4.99 Å². The second-order valence-electron chi connectivity index (χ2n) is 4.29. The normalized spacial score (nSPS) is 10.8. The van der Waals surface area contributed by atoms with E-state index in [4.69, 9.17) is 0 Å². The summed E-state index contributed by atoms with van der Waals surface area (Å²) >= 11 is 0. The van der Waals surface area contributed by atoms with Gasteiger partial charge in [-0.2, -0.15) is 0 Å². The third-order valence-electron chi connectivity index (χ3n) is 3.05. The van der Waals surface area contributed by atoms with Gasteiger partial charge in [0.25, 0.3) is 5.69 Å². The molecule has 19 heavy (non-hydrogen) atoms. The predicted molar refractivity (Wildman–Crippen MR) is 76.3 cm³/mol. The summed E-state index contributed by atoms with van der Waals surface area (Å²) in [7, 11) is 0. The average molecular weight is 254 g/mol. The van der Waals surface area contributed by atoms with E-state index in [1.54, 1.807) is 24.4 Å². The second kappa shape index (κ2) is 5.44. The molecule has 0 atom stereocenters. The highest BCUT2D eigenvalue weighted by atomic mass is 16.6. The molecule has 0 aliphatic heterocycles. The highest BCUT2D eigenvalue weighted by Crippen LogP contribution is 2.22. The Morgan fingerprint density at radius 2 is 1.84 bits per heavy atom. The molecule has 0 radical (unpaired) electrons. The van der Waals surface area contributed by atoms with Crippen LogP contribution in [0.5, 0.6) is 0 Å². The van der Waals surface area contributed by atoms with Gasteiger partial charge in [0.15, 0.2) is 0 Å². The van der Waals surface area contributed by atoms with Crippen LogP contribution in [-0.2, 0) is 0 Å². The van der Waals surface area contributed by atoms with Gasteiger partial charge in [0.2, 0.25) is 0 Å². The summed E-state index contributed by atoms with van der Waals surface area (Å²) in [6.45, 7) is 4.00. The molecule has 0 heterocycles. The largest absolute Gasteiger partial charge is 0.278 e. The van der Waals surface area contributed by atoms with Crippen molar-refractivity contribution in [3.8, 4) is 0 Å². The lowest BCUT2D eigenvalue weighted by atomic mass is 10.1. The maximum Gasteiger partial charge on any atom is 0.278 e. The van der Waals surface area contributed by atoms with Gasteiger partial charge < -0.3 is 0 Å². The van der Waals surface area contributed by atoms with E-state index in [1.165, 1.54) is 6.07 Å². The Balaban J connectivity index is 2.38. The fourth-order valence-electron chi connectivity index (χ4n) is 1.78. The Morgan fingerprint density at radius 1 is 1.11 bits per heavy atom. The molecule has 0 aromatic heterocycles. The van der Waals surface area contributed by atoms with Crippen molar-refractivity contribution < 1.29 is 4.92 Å². The zero-order valence-corrected chi connectivity index (χ0v) is 10.8. The molecule has 96 valence electrons. The summed E-state index contributed by atoms with van der Waals surface area (Å²) in [5, 5.41) is 10.9. The Morgan fingerprint density at radius 3 is 2.58 bits per heavy atom. The maximum atomic E-state index is 10.9. The first-order chi connectivity index (χ1) is 9.09. The number of hydrogen-bond acceptors (Lipinski definition) is 3. The number of aliphatic imine (C=N–C) groups is 1. The lowest BCUT2D eigenvalue weighted by Gasteiger charge is -2.03. The van der Waals surface area contributed by atoms with Crippen LogP contribution in [-0.4, -0.2) is 11.1 Å². The number of rotatable bonds is 3. The molecule has 4 heteroatoms.